The molecule has 168 valence electrons. The molecular weight excluding hydrogens is 489 g/mol. The molecule has 0 aliphatic heterocycles. The molecule has 2 aromatic heterocycles. The molecule has 0 saturated carbocycles. The summed E-state index contributed by atoms with van der Waals surface area (Å²) in [5.41, 5.74) is 1.91. The van der Waals surface area contributed by atoms with Crippen LogP contribution in [0.3, 0.4) is 0 Å². The number of carboxylic acid groups (broad SMARTS) is 1. The maximum atomic E-state index is 12.7. The van der Waals surface area contributed by atoms with Crippen molar-refractivity contribution in [1.29, 1.82) is 0 Å². The monoisotopic (exact) mass is 503 g/mol. The maximum absolute atomic E-state index is 12.7. The number of carboxylic acids is 1. The van der Waals surface area contributed by atoms with E-state index >= 15 is 0 Å². The second kappa shape index (κ2) is 9.66. The number of hydrogen-bond donors (Lipinski definition) is 3. The number of pyridine rings is 1. The maximum Gasteiger partial charge on any atom is 0.305 e. The molecule has 3 N–H and O–H groups in total. The number of carbonyl (C=O) groups is 2. The Morgan fingerprint density at radius 2 is 1.79 bits per heavy atom. The summed E-state index contributed by atoms with van der Waals surface area (Å²) < 4.78 is 1.70. The number of rotatable bonds is 7. The minimum Gasteiger partial charge on any atom is -0.481 e. The van der Waals surface area contributed by atoms with Crippen molar-refractivity contribution in [3.63, 3.8) is 0 Å². The summed E-state index contributed by atoms with van der Waals surface area (Å²) >= 11 is 18.5. The summed E-state index contributed by atoms with van der Waals surface area (Å²) in [5.74, 6) is -0.690. The van der Waals surface area contributed by atoms with Crippen molar-refractivity contribution in [2.45, 2.75) is 13.0 Å². The van der Waals surface area contributed by atoms with Gasteiger partial charge in [0, 0.05) is 23.3 Å². The predicted molar refractivity (Wildman–Crippen MR) is 129 cm³/mol. The third kappa shape index (κ3) is 5.19. The molecule has 2 heterocycles. The fourth-order valence-corrected chi connectivity index (χ4v) is 3.84. The van der Waals surface area contributed by atoms with E-state index in [1.807, 2.05) is 0 Å². The van der Waals surface area contributed by atoms with Gasteiger partial charge >= 0.3 is 5.97 Å². The summed E-state index contributed by atoms with van der Waals surface area (Å²) in [5, 5.41) is 16.1. The molecule has 33 heavy (non-hydrogen) atoms. The average Bonchev–Trinajstić information content (AvgIpc) is 3.11. The highest BCUT2D eigenvalue weighted by Crippen LogP contribution is 2.33. The number of imidazole rings is 1. The topological polar surface area (TPSA) is 109 Å². The molecule has 0 bridgehead atoms. The summed E-state index contributed by atoms with van der Waals surface area (Å²) in [7, 11) is 0. The van der Waals surface area contributed by atoms with Gasteiger partial charge in [-0.3, -0.25) is 9.59 Å². The Morgan fingerprint density at radius 3 is 2.48 bits per heavy atom. The third-order valence-electron chi connectivity index (χ3n) is 4.72. The van der Waals surface area contributed by atoms with Gasteiger partial charge in [-0.15, -0.1) is 0 Å². The van der Waals surface area contributed by atoms with Gasteiger partial charge in [0.1, 0.15) is 5.82 Å². The fraction of sp³-hybridized carbons (Fsp3) is 0.0909. The second-order valence-corrected chi connectivity index (χ2v) is 8.22. The zero-order valence-corrected chi connectivity index (χ0v) is 19.1. The average molecular weight is 505 g/mol. The van der Waals surface area contributed by atoms with E-state index in [0.29, 0.717) is 49.1 Å². The van der Waals surface area contributed by atoms with Crippen molar-refractivity contribution in [1.82, 2.24) is 14.5 Å². The number of carbonyl (C=O) groups excluding carboxylic acids is 1. The molecule has 8 nitrogen and oxygen atoms in total. The first kappa shape index (κ1) is 22.8. The molecule has 4 rings (SSSR count). The van der Waals surface area contributed by atoms with E-state index in [4.69, 9.17) is 39.9 Å². The second-order valence-electron chi connectivity index (χ2n) is 6.97. The highest BCUT2D eigenvalue weighted by molar-refractivity contribution is 6.39. The number of aryl methyl sites for hydroxylation is 1. The number of nitrogens with one attached hydrogen (secondary N) is 2. The van der Waals surface area contributed by atoms with Crippen molar-refractivity contribution < 1.29 is 14.7 Å². The number of nitrogens with zero attached hydrogens (tertiary/aromatic N) is 3. The molecule has 0 spiro atoms. The van der Waals surface area contributed by atoms with Crippen molar-refractivity contribution in [2.24, 2.45) is 0 Å². The van der Waals surface area contributed by atoms with Crippen molar-refractivity contribution in [3.05, 3.63) is 75.4 Å². The standard InChI is InChI=1S/C22H16Cl3N5O3/c23-13-6-8-26-18(11-13)28-21(33)12-4-5-17-16(10-12)27-22(30(17)9-7-19(31)32)29-20-14(24)2-1-3-15(20)25/h1-6,8,10-11H,7,9H2,(H,27,29)(H,31,32)(H,26,28,33). The Balaban J connectivity index is 1.70. The van der Waals surface area contributed by atoms with Crippen LogP contribution in [-0.4, -0.2) is 31.5 Å². The highest BCUT2D eigenvalue weighted by atomic mass is 35.5. The van der Waals surface area contributed by atoms with Gasteiger partial charge in [0.2, 0.25) is 5.95 Å². The van der Waals surface area contributed by atoms with Gasteiger partial charge < -0.3 is 20.3 Å². The number of aromatic nitrogens is 3. The molecule has 0 atom stereocenters. The van der Waals surface area contributed by atoms with Crippen molar-refractivity contribution >= 4 is 75.2 Å². The number of fused-ring (bicyclic) bond motifs is 1. The Kier molecular flexibility index (Phi) is 6.69. The van der Waals surface area contributed by atoms with Gasteiger partial charge in [-0.05, 0) is 42.5 Å². The highest BCUT2D eigenvalue weighted by Gasteiger charge is 2.17. The first-order chi connectivity index (χ1) is 15.8. The zero-order valence-electron chi connectivity index (χ0n) is 16.8. The first-order valence-corrected chi connectivity index (χ1v) is 10.8. The van der Waals surface area contributed by atoms with Crippen LogP contribution in [-0.2, 0) is 11.3 Å². The number of aliphatic carboxylic acids is 1. The summed E-state index contributed by atoms with van der Waals surface area (Å²) in [6.45, 7) is 0.147. The normalized spacial score (nSPS) is 10.9. The van der Waals surface area contributed by atoms with Crippen LogP contribution in [0.15, 0.2) is 54.7 Å². The Bertz CT molecular complexity index is 1350. The SMILES string of the molecule is O=C(O)CCn1c(Nc2c(Cl)cccc2Cl)nc2cc(C(=O)Nc3cc(Cl)ccn3)ccc21. The number of hydrogen-bond acceptors (Lipinski definition) is 5. The Hall–Kier alpha value is -3.33. The number of halogens is 3. The van der Waals surface area contributed by atoms with E-state index in [9.17, 15) is 9.59 Å². The fourth-order valence-electron chi connectivity index (χ4n) is 3.19. The molecule has 0 aliphatic rings. The van der Waals surface area contributed by atoms with E-state index in [-0.39, 0.29) is 13.0 Å². The predicted octanol–water partition coefficient (Wildman–Crippen LogP) is 5.86. The number of amides is 1. The quantitative estimate of drug-likeness (QED) is 0.291. The molecule has 0 saturated heterocycles. The molecule has 0 aliphatic carbocycles. The Morgan fingerprint density at radius 1 is 1.03 bits per heavy atom. The van der Waals surface area contributed by atoms with Gasteiger partial charge in [-0.1, -0.05) is 40.9 Å². The number of benzene rings is 2. The summed E-state index contributed by atoms with van der Waals surface area (Å²) in [6, 6.07) is 13.1. The third-order valence-corrected chi connectivity index (χ3v) is 5.59. The van der Waals surface area contributed by atoms with Crippen LogP contribution in [0.5, 0.6) is 0 Å². The lowest BCUT2D eigenvalue weighted by Gasteiger charge is -2.12. The summed E-state index contributed by atoms with van der Waals surface area (Å²) in [4.78, 5) is 32.5. The molecule has 0 fully saturated rings. The van der Waals surface area contributed by atoms with Crippen LogP contribution in [0.1, 0.15) is 16.8 Å². The smallest absolute Gasteiger partial charge is 0.305 e. The number of para-hydroxylation sites is 1. The molecule has 11 heteroatoms. The lowest BCUT2D eigenvalue weighted by Crippen LogP contribution is -2.12. The van der Waals surface area contributed by atoms with Crippen LogP contribution in [0.4, 0.5) is 17.5 Å². The minimum atomic E-state index is -0.955. The van der Waals surface area contributed by atoms with Crippen LogP contribution in [0.2, 0.25) is 15.1 Å². The molecule has 2 aromatic carbocycles. The van der Waals surface area contributed by atoms with Gasteiger partial charge in [0.15, 0.2) is 0 Å². The molecule has 0 unspecified atom stereocenters. The zero-order chi connectivity index (χ0) is 23.5. The van der Waals surface area contributed by atoms with Crippen LogP contribution >= 0.6 is 34.8 Å². The van der Waals surface area contributed by atoms with Crippen LogP contribution in [0.25, 0.3) is 11.0 Å². The van der Waals surface area contributed by atoms with Crippen LogP contribution in [0, 0.1) is 0 Å². The molecule has 0 radical (unpaired) electrons. The largest absolute Gasteiger partial charge is 0.481 e. The first-order valence-electron chi connectivity index (χ1n) is 9.68. The number of anilines is 3. The van der Waals surface area contributed by atoms with E-state index in [1.165, 1.54) is 12.3 Å². The van der Waals surface area contributed by atoms with Crippen molar-refractivity contribution in [3.8, 4) is 0 Å². The lowest BCUT2D eigenvalue weighted by atomic mass is 10.2. The van der Waals surface area contributed by atoms with Gasteiger partial charge in [-0.2, -0.15) is 0 Å². The molecular formula is C22H16Cl3N5O3. The van der Waals surface area contributed by atoms with E-state index in [0.717, 1.165) is 0 Å². The van der Waals surface area contributed by atoms with E-state index in [2.05, 4.69) is 20.6 Å². The Labute approximate surface area is 203 Å². The van der Waals surface area contributed by atoms with E-state index < -0.39 is 11.9 Å². The van der Waals surface area contributed by atoms with Gasteiger partial charge in [-0.25, -0.2) is 9.97 Å². The van der Waals surface area contributed by atoms with Crippen molar-refractivity contribution in [2.75, 3.05) is 10.6 Å². The van der Waals surface area contributed by atoms with Gasteiger partial charge in [0.25, 0.3) is 5.91 Å². The van der Waals surface area contributed by atoms with Crippen LogP contribution < -0.4 is 10.6 Å². The molecule has 1 amide bonds. The lowest BCUT2D eigenvalue weighted by molar-refractivity contribution is -0.137. The molecule has 4 aromatic rings. The van der Waals surface area contributed by atoms with E-state index in [1.54, 1.807) is 47.0 Å². The minimum absolute atomic E-state index is 0.126. The van der Waals surface area contributed by atoms with Gasteiger partial charge in [0.05, 0.1) is 33.2 Å². The summed E-state index contributed by atoms with van der Waals surface area (Å²) in [6.07, 6.45) is 1.36.